The van der Waals surface area contributed by atoms with Crippen LogP contribution in [0.4, 0.5) is 0 Å². The van der Waals surface area contributed by atoms with Gasteiger partial charge in [-0.05, 0) is 0 Å². The van der Waals surface area contributed by atoms with Crippen molar-refractivity contribution in [3.05, 3.63) is 0 Å². The van der Waals surface area contributed by atoms with Crippen LogP contribution in [0, 0.1) is 0 Å². The van der Waals surface area contributed by atoms with Gasteiger partial charge in [-0.3, -0.25) is 4.79 Å². The van der Waals surface area contributed by atoms with E-state index in [1.165, 1.54) is 22.3 Å². The van der Waals surface area contributed by atoms with Crippen molar-refractivity contribution in [3.8, 4) is 0 Å². The van der Waals surface area contributed by atoms with Crippen molar-refractivity contribution in [3.63, 3.8) is 0 Å². The molecule has 0 aromatic heterocycles. The largest absolute Gasteiger partial charge is 0.469 e. The van der Waals surface area contributed by atoms with Gasteiger partial charge in [0.15, 0.2) is 0 Å². The Morgan fingerprint density at radius 1 is 1.33 bits per heavy atom. The van der Waals surface area contributed by atoms with E-state index in [0.717, 1.165) is 0 Å². The third kappa shape index (κ3) is 3.38. The minimum Gasteiger partial charge on any atom is -0.469 e. The normalized spacial score (nSPS) is 11.8. The Bertz CT molecular complexity index is 169. The predicted molar refractivity (Wildman–Crippen MR) is 42.1 cm³/mol. The van der Waals surface area contributed by atoms with E-state index >= 15 is 0 Å². The van der Waals surface area contributed by atoms with Crippen LogP contribution in [0.15, 0.2) is 0 Å². The fourth-order valence-electron chi connectivity index (χ4n) is 0.629. The van der Waals surface area contributed by atoms with Gasteiger partial charge in [-0.2, -0.15) is 0 Å². The zero-order valence-electron chi connectivity index (χ0n) is 7.33. The van der Waals surface area contributed by atoms with Gasteiger partial charge < -0.3 is 14.1 Å². The first-order valence-electron chi connectivity index (χ1n) is 3.33. The molecule has 0 bridgehead atoms. The summed E-state index contributed by atoms with van der Waals surface area (Å²) in [6, 6.07) is 0. The van der Waals surface area contributed by atoms with Crippen LogP contribution in [-0.2, 0) is 23.7 Å². The third-order valence-corrected chi connectivity index (χ3v) is 1.33. The second kappa shape index (κ2) is 5.59. The number of carbonyl (C=O) groups is 2. The first kappa shape index (κ1) is 11.0. The molecular formula is C6H11BO5. The Hall–Kier alpha value is -1.04. The van der Waals surface area contributed by atoms with Gasteiger partial charge in [-0.25, -0.2) is 4.79 Å². The van der Waals surface area contributed by atoms with Crippen LogP contribution in [-0.4, -0.2) is 40.3 Å². The number of carbonyl (C=O) groups excluding carboxylic acids is 2. The molecule has 0 aromatic carbocycles. The molecule has 1 atom stereocenters. The van der Waals surface area contributed by atoms with Crippen LogP contribution in [0.1, 0.15) is 6.42 Å². The van der Waals surface area contributed by atoms with Crippen molar-refractivity contribution in [2.24, 2.45) is 0 Å². The average molecular weight is 174 g/mol. The van der Waals surface area contributed by atoms with Gasteiger partial charge in [-0.15, -0.1) is 0 Å². The van der Waals surface area contributed by atoms with Gasteiger partial charge >= 0.3 is 11.9 Å². The molecule has 0 saturated carbocycles. The van der Waals surface area contributed by atoms with Gasteiger partial charge in [0.25, 0.3) is 8.05 Å². The summed E-state index contributed by atoms with van der Waals surface area (Å²) in [6.07, 6.45) is -0.998. The SMILES string of the molecule is BOC(CC(=O)OC)C(=O)OC. The maximum Gasteiger partial charge on any atom is 0.333 e. The lowest BCUT2D eigenvalue weighted by molar-refractivity contribution is -0.155. The molecular weight excluding hydrogens is 163 g/mol. The Labute approximate surface area is 71.4 Å². The summed E-state index contributed by atoms with van der Waals surface area (Å²) < 4.78 is 13.4. The van der Waals surface area contributed by atoms with Crippen molar-refractivity contribution in [1.82, 2.24) is 0 Å². The molecule has 12 heavy (non-hydrogen) atoms. The number of rotatable bonds is 4. The summed E-state index contributed by atoms with van der Waals surface area (Å²) in [4.78, 5) is 21.5. The highest BCUT2D eigenvalue weighted by atomic mass is 16.6. The molecule has 1 unspecified atom stereocenters. The minimum absolute atomic E-state index is 0.125. The molecule has 0 aliphatic rings. The predicted octanol–water partition coefficient (Wildman–Crippen LogP) is -1.34. The highest BCUT2D eigenvalue weighted by Gasteiger charge is 2.21. The maximum absolute atomic E-state index is 10.8. The van der Waals surface area contributed by atoms with Gasteiger partial charge in [0.05, 0.1) is 20.6 Å². The van der Waals surface area contributed by atoms with Gasteiger partial charge in [0.1, 0.15) is 6.10 Å². The number of hydrogen-bond donors (Lipinski definition) is 0. The fraction of sp³-hybridized carbons (Fsp3) is 0.667. The molecule has 0 aliphatic heterocycles. The molecule has 0 spiro atoms. The smallest absolute Gasteiger partial charge is 0.333 e. The van der Waals surface area contributed by atoms with E-state index in [1.807, 2.05) is 0 Å². The van der Waals surface area contributed by atoms with E-state index < -0.39 is 18.0 Å². The summed E-state index contributed by atoms with van der Waals surface area (Å²) in [6.45, 7) is 0. The quantitative estimate of drug-likeness (QED) is 0.389. The summed E-state index contributed by atoms with van der Waals surface area (Å²) >= 11 is 0. The monoisotopic (exact) mass is 174 g/mol. The highest BCUT2D eigenvalue weighted by molar-refractivity contribution is 6.00. The van der Waals surface area contributed by atoms with Crippen LogP contribution in [0.5, 0.6) is 0 Å². The summed E-state index contributed by atoms with van der Waals surface area (Å²) in [5.41, 5.74) is 0. The van der Waals surface area contributed by atoms with E-state index in [0.29, 0.717) is 0 Å². The van der Waals surface area contributed by atoms with Crippen LogP contribution >= 0.6 is 0 Å². The Balaban J connectivity index is 3.99. The lowest BCUT2D eigenvalue weighted by atomic mass is 10.2. The van der Waals surface area contributed by atoms with Crippen molar-refractivity contribution in [2.45, 2.75) is 12.5 Å². The summed E-state index contributed by atoms with van der Waals surface area (Å²) in [5.74, 6) is -1.09. The summed E-state index contributed by atoms with van der Waals surface area (Å²) in [5, 5.41) is 0. The van der Waals surface area contributed by atoms with Crippen LogP contribution in [0.3, 0.4) is 0 Å². The number of hydrogen-bond acceptors (Lipinski definition) is 5. The number of esters is 2. The molecule has 0 radical (unpaired) electrons. The maximum atomic E-state index is 10.8. The summed E-state index contributed by atoms with van der Waals surface area (Å²) in [7, 11) is 3.79. The minimum atomic E-state index is -0.873. The first-order valence-corrected chi connectivity index (χ1v) is 3.33. The van der Waals surface area contributed by atoms with Gasteiger partial charge in [-0.1, -0.05) is 0 Å². The molecule has 0 heterocycles. The lowest BCUT2D eigenvalue weighted by Gasteiger charge is -2.11. The second-order valence-corrected chi connectivity index (χ2v) is 2.03. The molecule has 0 saturated heterocycles. The lowest BCUT2D eigenvalue weighted by Crippen LogP contribution is -2.28. The van der Waals surface area contributed by atoms with Crippen molar-refractivity contribution in [1.29, 1.82) is 0 Å². The van der Waals surface area contributed by atoms with E-state index in [4.69, 9.17) is 4.65 Å². The van der Waals surface area contributed by atoms with Crippen molar-refractivity contribution in [2.75, 3.05) is 14.2 Å². The molecule has 0 rings (SSSR count). The zero-order chi connectivity index (χ0) is 9.56. The van der Waals surface area contributed by atoms with Crippen molar-refractivity contribution >= 4 is 20.0 Å². The fourth-order valence-corrected chi connectivity index (χ4v) is 0.629. The van der Waals surface area contributed by atoms with E-state index in [2.05, 4.69) is 9.47 Å². The molecule has 68 valence electrons. The Morgan fingerprint density at radius 3 is 2.25 bits per heavy atom. The Kier molecular flexibility index (Phi) is 5.11. The number of methoxy groups -OCH3 is 2. The molecule has 0 amide bonds. The molecule has 0 fully saturated rings. The first-order chi connectivity index (χ1) is 5.65. The average Bonchev–Trinajstić information content (AvgIpc) is 2.12. The Morgan fingerprint density at radius 2 is 1.92 bits per heavy atom. The molecule has 0 aromatic rings. The topological polar surface area (TPSA) is 61.8 Å². The van der Waals surface area contributed by atoms with E-state index in [9.17, 15) is 9.59 Å². The number of ether oxygens (including phenoxy) is 2. The molecule has 0 aliphatic carbocycles. The van der Waals surface area contributed by atoms with Gasteiger partial charge in [0, 0.05) is 0 Å². The van der Waals surface area contributed by atoms with Crippen LogP contribution < -0.4 is 0 Å². The van der Waals surface area contributed by atoms with Crippen LogP contribution in [0.25, 0.3) is 0 Å². The van der Waals surface area contributed by atoms with Crippen LogP contribution in [0.2, 0.25) is 0 Å². The zero-order valence-corrected chi connectivity index (χ0v) is 7.33. The highest BCUT2D eigenvalue weighted by Crippen LogP contribution is 2.00. The molecule has 6 heteroatoms. The van der Waals surface area contributed by atoms with E-state index in [1.54, 1.807) is 0 Å². The van der Waals surface area contributed by atoms with E-state index in [-0.39, 0.29) is 6.42 Å². The van der Waals surface area contributed by atoms with Crippen molar-refractivity contribution < 1.29 is 23.7 Å². The standard InChI is InChI=1S/C6H11BO5/c1-10-5(8)3-4(12-7)6(9)11-2/h4H,3,7H2,1-2H3. The molecule has 0 N–H and O–H groups in total. The third-order valence-electron chi connectivity index (χ3n) is 1.33. The molecule has 5 nitrogen and oxygen atoms in total. The van der Waals surface area contributed by atoms with Gasteiger partial charge in [0.2, 0.25) is 0 Å². The second-order valence-electron chi connectivity index (χ2n) is 2.03.